The number of hydrogen-bond acceptors (Lipinski definition) is 4. The van der Waals surface area contributed by atoms with Crippen LogP contribution in [0, 0.1) is 17.5 Å². The predicted molar refractivity (Wildman–Crippen MR) is 120 cm³/mol. The van der Waals surface area contributed by atoms with Gasteiger partial charge in [-0.1, -0.05) is 30.3 Å². The molecule has 0 heterocycles. The van der Waals surface area contributed by atoms with E-state index >= 15 is 0 Å². The quantitative estimate of drug-likeness (QED) is 0.447. The molecule has 0 amide bonds. The molecule has 0 aromatic heterocycles. The molecular weight excluding hydrogens is 471 g/mol. The number of nitrogens with zero attached hydrogens (tertiary/aromatic N) is 1. The van der Waals surface area contributed by atoms with Crippen molar-refractivity contribution in [1.29, 1.82) is 0 Å². The molecule has 0 fully saturated rings. The largest absolute Gasteiger partial charge is 0.489 e. The van der Waals surface area contributed by atoms with Crippen molar-refractivity contribution in [3.63, 3.8) is 0 Å². The summed E-state index contributed by atoms with van der Waals surface area (Å²) in [6, 6.07) is 13.9. The number of rotatable bonds is 10. The van der Waals surface area contributed by atoms with E-state index in [-0.39, 0.29) is 35.8 Å². The maximum Gasteiger partial charge on any atom is 0.318 e. The molecule has 0 radical (unpaired) electrons. The highest BCUT2D eigenvalue weighted by Gasteiger charge is 2.23. The third-order valence-corrected chi connectivity index (χ3v) is 6.77. The number of carboxylic acid groups (broad SMARTS) is 1. The number of halogens is 3. The Bertz CT molecular complexity index is 1300. The van der Waals surface area contributed by atoms with Gasteiger partial charge >= 0.3 is 5.97 Å². The van der Waals surface area contributed by atoms with Crippen molar-refractivity contribution >= 4 is 16.0 Å². The summed E-state index contributed by atoms with van der Waals surface area (Å²) in [6.07, 6.45) is 0. The molecule has 0 unspecified atom stereocenters. The van der Waals surface area contributed by atoms with Crippen LogP contribution in [0.15, 0.2) is 60.7 Å². The zero-order valence-corrected chi connectivity index (χ0v) is 19.0. The molecule has 0 bridgehead atoms. The van der Waals surface area contributed by atoms with Crippen molar-refractivity contribution in [2.75, 3.05) is 12.3 Å². The van der Waals surface area contributed by atoms with Crippen LogP contribution in [0.4, 0.5) is 13.2 Å². The first kappa shape index (κ1) is 25.3. The fraction of sp³-hybridized carbons (Fsp3) is 0.208. The molecule has 0 saturated heterocycles. The van der Waals surface area contributed by atoms with Crippen LogP contribution in [0.5, 0.6) is 5.75 Å². The second-order valence-electron chi connectivity index (χ2n) is 7.44. The van der Waals surface area contributed by atoms with Crippen molar-refractivity contribution in [2.45, 2.75) is 20.1 Å². The molecule has 34 heavy (non-hydrogen) atoms. The van der Waals surface area contributed by atoms with Gasteiger partial charge in [-0.25, -0.2) is 21.6 Å². The average Bonchev–Trinajstić information content (AvgIpc) is 2.79. The monoisotopic (exact) mass is 493 g/mol. The zero-order chi connectivity index (χ0) is 24.9. The standard InChI is InChI=1S/C24H22F3NO5S/c1-2-34(31,32)28(14-24(29)30)13-16-4-3-5-17(10-16)15-33-19-7-8-20(22(26)12-19)18-6-9-21(25)23(27)11-18/h3-12H,2,13-15H2,1H3,(H,29,30). The molecule has 0 aliphatic heterocycles. The summed E-state index contributed by atoms with van der Waals surface area (Å²) in [4.78, 5) is 11.1. The Hall–Kier alpha value is -3.37. The van der Waals surface area contributed by atoms with Crippen LogP contribution < -0.4 is 4.74 Å². The maximum atomic E-state index is 14.5. The summed E-state index contributed by atoms with van der Waals surface area (Å²) in [5.74, 6) is -4.06. The van der Waals surface area contributed by atoms with E-state index in [9.17, 15) is 26.4 Å². The van der Waals surface area contributed by atoms with Crippen LogP contribution in [-0.2, 0) is 28.0 Å². The summed E-state index contributed by atoms with van der Waals surface area (Å²) in [7, 11) is -3.72. The van der Waals surface area contributed by atoms with E-state index in [1.165, 1.54) is 25.1 Å². The van der Waals surface area contributed by atoms with Gasteiger partial charge in [0.15, 0.2) is 11.6 Å². The summed E-state index contributed by atoms with van der Waals surface area (Å²) in [5, 5.41) is 9.03. The highest BCUT2D eigenvalue weighted by molar-refractivity contribution is 7.89. The lowest BCUT2D eigenvalue weighted by Crippen LogP contribution is -2.36. The van der Waals surface area contributed by atoms with Crippen LogP contribution in [0.2, 0.25) is 0 Å². The van der Waals surface area contributed by atoms with Crippen molar-refractivity contribution in [2.24, 2.45) is 0 Å². The normalized spacial score (nSPS) is 11.6. The first-order chi connectivity index (χ1) is 16.1. The molecule has 3 aromatic carbocycles. The zero-order valence-electron chi connectivity index (χ0n) is 18.2. The number of sulfonamides is 1. The second-order valence-corrected chi connectivity index (χ2v) is 9.70. The van der Waals surface area contributed by atoms with E-state index < -0.39 is 40.0 Å². The van der Waals surface area contributed by atoms with Crippen molar-refractivity contribution in [1.82, 2.24) is 4.31 Å². The Morgan fingerprint density at radius 1 is 0.941 bits per heavy atom. The topological polar surface area (TPSA) is 83.9 Å². The Kier molecular flexibility index (Phi) is 7.95. The van der Waals surface area contributed by atoms with E-state index in [2.05, 4.69) is 0 Å². The molecule has 180 valence electrons. The molecule has 1 N–H and O–H groups in total. The van der Waals surface area contributed by atoms with Crippen LogP contribution in [-0.4, -0.2) is 36.1 Å². The molecular formula is C24H22F3NO5S. The summed E-state index contributed by atoms with van der Waals surface area (Å²) in [5.41, 5.74) is 1.50. The molecule has 6 nitrogen and oxygen atoms in total. The predicted octanol–water partition coefficient (Wildman–Crippen LogP) is 4.59. The van der Waals surface area contributed by atoms with Gasteiger partial charge in [-0.3, -0.25) is 4.79 Å². The molecule has 0 spiro atoms. The molecule has 3 rings (SSSR count). The van der Waals surface area contributed by atoms with Gasteiger partial charge < -0.3 is 9.84 Å². The van der Waals surface area contributed by atoms with E-state index in [1.54, 1.807) is 24.3 Å². The van der Waals surface area contributed by atoms with Crippen molar-refractivity contribution in [3.05, 3.63) is 89.2 Å². The number of benzene rings is 3. The number of carboxylic acids is 1. The number of hydrogen-bond donors (Lipinski definition) is 1. The van der Waals surface area contributed by atoms with Crippen LogP contribution in [0.1, 0.15) is 18.1 Å². The first-order valence-electron chi connectivity index (χ1n) is 10.2. The lowest BCUT2D eigenvalue weighted by Gasteiger charge is -2.20. The van der Waals surface area contributed by atoms with Crippen LogP contribution in [0.25, 0.3) is 11.1 Å². The highest BCUT2D eigenvalue weighted by Crippen LogP contribution is 2.28. The van der Waals surface area contributed by atoms with Gasteiger partial charge in [0, 0.05) is 18.2 Å². The first-order valence-corrected chi connectivity index (χ1v) is 11.8. The molecule has 0 atom stereocenters. The minimum absolute atomic E-state index is 0.0389. The summed E-state index contributed by atoms with van der Waals surface area (Å²) in [6.45, 7) is 0.705. The number of carbonyl (C=O) groups is 1. The van der Waals surface area contributed by atoms with Gasteiger partial charge in [-0.15, -0.1) is 0 Å². The van der Waals surface area contributed by atoms with Gasteiger partial charge in [0.1, 0.15) is 24.7 Å². The lowest BCUT2D eigenvalue weighted by atomic mass is 10.0. The van der Waals surface area contributed by atoms with Gasteiger partial charge in [0.25, 0.3) is 0 Å². The van der Waals surface area contributed by atoms with Gasteiger partial charge in [-0.2, -0.15) is 4.31 Å². The van der Waals surface area contributed by atoms with E-state index in [1.807, 2.05) is 0 Å². The fourth-order valence-electron chi connectivity index (χ4n) is 3.26. The van der Waals surface area contributed by atoms with E-state index in [4.69, 9.17) is 9.84 Å². The van der Waals surface area contributed by atoms with E-state index in [0.29, 0.717) is 11.1 Å². The van der Waals surface area contributed by atoms with Gasteiger partial charge in [-0.05, 0) is 47.9 Å². The molecule has 10 heteroatoms. The Labute approximate surface area is 195 Å². The van der Waals surface area contributed by atoms with Crippen molar-refractivity contribution < 1.29 is 36.2 Å². The van der Waals surface area contributed by atoms with E-state index in [0.717, 1.165) is 22.5 Å². The molecule has 0 aliphatic rings. The lowest BCUT2D eigenvalue weighted by molar-refractivity contribution is -0.137. The number of aliphatic carboxylic acids is 1. The smallest absolute Gasteiger partial charge is 0.318 e. The maximum absolute atomic E-state index is 14.5. The minimum Gasteiger partial charge on any atom is -0.489 e. The average molecular weight is 494 g/mol. The highest BCUT2D eigenvalue weighted by atomic mass is 32.2. The second kappa shape index (κ2) is 10.7. The van der Waals surface area contributed by atoms with Crippen LogP contribution in [0.3, 0.4) is 0 Å². The van der Waals surface area contributed by atoms with Gasteiger partial charge in [0.05, 0.1) is 5.75 Å². The fourth-order valence-corrected chi connectivity index (χ4v) is 4.28. The third-order valence-electron chi connectivity index (χ3n) is 5.00. The SMILES string of the molecule is CCS(=O)(=O)N(CC(=O)O)Cc1cccc(COc2ccc(-c3ccc(F)c(F)c3)c(F)c2)c1. The summed E-state index contributed by atoms with van der Waals surface area (Å²) >= 11 is 0. The Morgan fingerprint density at radius 2 is 1.68 bits per heavy atom. The Morgan fingerprint density at radius 3 is 2.32 bits per heavy atom. The van der Waals surface area contributed by atoms with Gasteiger partial charge in [0.2, 0.25) is 10.0 Å². The summed E-state index contributed by atoms with van der Waals surface area (Å²) < 4.78 is 72.0. The van der Waals surface area contributed by atoms with Crippen LogP contribution >= 0.6 is 0 Å². The minimum atomic E-state index is -3.72. The molecule has 0 aliphatic carbocycles. The third kappa shape index (κ3) is 6.36. The molecule has 0 saturated carbocycles. The number of ether oxygens (including phenoxy) is 1. The van der Waals surface area contributed by atoms with Crippen molar-refractivity contribution in [3.8, 4) is 16.9 Å². The Balaban J connectivity index is 1.71. The molecule has 3 aromatic rings.